The number of thiocarbonyl (C=S) groups is 1. The molecule has 0 aliphatic carbocycles. The van der Waals surface area contributed by atoms with Crippen molar-refractivity contribution >= 4 is 46.3 Å². The smallest absolute Gasteiger partial charge is 0.303 e. The van der Waals surface area contributed by atoms with Gasteiger partial charge in [0.25, 0.3) is 5.91 Å². The standard InChI is InChI=1S/C21H27NO4S2/c23-17-12-10-16(11-13-17)15-18-20(26)22(21(27)28-18)14-8-6-4-2-1-3-5-7-9-19(24)25/h10-13,15,23H,1-9,14H2,(H,24,25). The van der Waals surface area contributed by atoms with Gasteiger partial charge in [-0.05, 0) is 36.6 Å². The molecule has 0 saturated carbocycles. The highest BCUT2D eigenvalue weighted by Crippen LogP contribution is 2.33. The topological polar surface area (TPSA) is 77.8 Å². The molecule has 1 saturated heterocycles. The highest BCUT2D eigenvalue weighted by atomic mass is 32.2. The minimum absolute atomic E-state index is 0.0403. The molecule has 5 nitrogen and oxygen atoms in total. The van der Waals surface area contributed by atoms with E-state index in [2.05, 4.69) is 0 Å². The number of nitrogens with zero attached hydrogens (tertiary/aromatic N) is 1. The lowest BCUT2D eigenvalue weighted by Crippen LogP contribution is -2.29. The molecule has 2 N–H and O–H groups in total. The molecule has 0 aromatic heterocycles. The first-order valence-corrected chi connectivity index (χ1v) is 11.0. The maximum atomic E-state index is 12.6. The third kappa shape index (κ3) is 7.64. The maximum Gasteiger partial charge on any atom is 0.303 e. The first kappa shape index (κ1) is 22.4. The van der Waals surface area contributed by atoms with E-state index in [1.807, 2.05) is 6.08 Å². The van der Waals surface area contributed by atoms with Crippen LogP contribution in [0.2, 0.25) is 0 Å². The quantitative estimate of drug-likeness (QED) is 0.275. The Hall–Kier alpha value is -1.86. The van der Waals surface area contributed by atoms with Crippen molar-refractivity contribution in [3.8, 4) is 5.75 Å². The third-order valence-corrected chi connectivity index (χ3v) is 5.96. The number of unbranched alkanes of at least 4 members (excludes halogenated alkanes) is 7. The molecule has 0 unspecified atom stereocenters. The molecule has 7 heteroatoms. The Labute approximate surface area is 175 Å². The van der Waals surface area contributed by atoms with Crippen LogP contribution in [0.25, 0.3) is 6.08 Å². The maximum absolute atomic E-state index is 12.6. The zero-order valence-corrected chi connectivity index (χ0v) is 17.6. The molecule has 152 valence electrons. The number of benzene rings is 1. The number of carbonyl (C=O) groups excluding carboxylic acids is 1. The molecule has 1 aliphatic rings. The van der Waals surface area contributed by atoms with Crippen LogP contribution in [-0.4, -0.2) is 37.9 Å². The molecular weight excluding hydrogens is 394 g/mol. The zero-order chi connectivity index (χ0) is 20.4. The van der Waals surface area contributed by atoms with Crippen molar-refractivity contribution in [2.75, 3.05) is 6.54 Å². The Morgan fingerprint density at radius 2 is 1.57 bits per heavy atom. The molecule has 1 heterocycles. The largest absolute Gasteiger partial charge is 0.508 e. The number of carboxylic acids is 1. The molecule has 1 aliphatic heterocycles. The average molecular weight is 422 g/mol. The van der Waals surface area contributed by atoms with Crippen LogP contribution >= 0.6 is 24.0 Å². The van der Waals surface area contributed by atoms with E-state index in [1.54, 1.807) is 29.2 Å². The zero-order valence-electron chi connectivity index (χ0n) is 15.9. The Kier molecular flexibility index (Phi) is 9.50. The van der Waals surface area contributed by atoms with Crippen LogP contribution in [0.15, 0.2) is 29.2 Å². The molecule has 2 rings (SSSR count). The van der Waals surface area contributed by atoms with Crippen LogP contribution in [0.1, 0.15) is 63.4 Å². The lowest BCUT2D eigenvalue weighted by atomic mass is 10.1. The Morgan fingerprint density at radius 1 is 1.00 bits per heavy atom. The highest BCUT2D eigenvalue weighted by molar-refractivity contribution is 8.26. The van der Waals surface area contributed by atoms with E-state index < -0.39 is 5.97 Å². The predicted octanol–water partition coefficient (Wildman–Crippen LogP) is 5.19. The summed E-state index contributed by atoms with van der Waals surface area (Å²) in [5.41, 5.74) is 0.863. The minimum Gasteiger partial charge on any atom is -0.508 e. The van der Waals surface area contributed by atoms with Crippen molar-refractivity contribution in [1.29, 1.82) is 0 Å². The number of phenols is 1. The van der Waals surface area contributed by atoms with Gasteiger partial charge in [0.2, 0.25) is 0 Å². The normalized spacial score (nSPS) is 15.6. The monoisotopic (exact) mass is 421 g/mol. The number of carboxylic acid groups (broad SMARTS) is 1. The number of hydrogen-bond acceptors (Lipinski definition) is 5. The van der Waals surface area contributed by atoms with Gasteiger partial charge in [-0.25, -0.2) is 0 Å². The fourth-order valence-corrected chi connectivity index (χ4v) is 4.33. The van der Waals surface area contributed by atoms with Gasteiger partial charge in [0.15, 0.2) is 0 Å². The van der Waals surface area contributed by atoms with Gasteiger partial charge in [-0.1, -0.05) is 74.6 Å². The van der Waals surface area contributed by atoms with Gasteiger partial charge >= 0.3 is 5.97 Å². The second-order valence-electron chi connectivity index (χ2n) is 6.90. The highest BCUT2D eigenvalue weighted by Gasteiger charge is 2.31. The van der Waals surface area contributed by atoms with Gasteiger partial charge in [0.05, 0.1) is 4.91 Å². The summed E-state index contributed by atoms with van der Waals surface area (Å²) in [7, 11) is 0. The van der Waals surface area contributed by atoms with Gasteiger partial charge in [0.1, 0.15) is 10.1 Å². The van der Waals surface area contributed by atoms with E-state index >= 15 is 0 Å². The molecule has 0 radical (unpaired) electrons. The number of aromatic hydroxyl groups is 1. The molecular formula is C21H27NO4S2. The number of carbonyl (C=O) groups is 2. The summed E-state index contributed by atoms with van der Waals surface area (Å²) < 4.78 is 0.605. The molecule has 1 amide bonds. The van der Waals surface area contributed by atoms with Gasteiger partial charge in [0, 0.05) is 13.0 Å². The lowest BCUT2D eigenvalue weighted by molar-refractivity contribution is -0.137. The fourth-order valence-electron chi connectivity index (χ4n) is 3.02. The minimum atomic E-state index is -0.714. The van der Waals surface area contributed by atoms with E-state index in [9.17, 15) is 14.7 Å². The summed E-state index contributed by atoms with van der Waals surface area (Å²) >= 11 is 6.68. The number of aliphatic carboxylic acids is 1. The van der Waals surface area contributed by atoms with E-state index in [-0.39, 0.29) is 18.1 Å². The van der Waals surface area contributed by atoms with E-state index in [0.717, 1.165) is 56.9 Å². The molecule has 1 aromatic carbocycles. The second kappa shape index (κ2) is 11.9. The van der Waals surface area contributed by atoms with Gasteiger partial charge in [-0.2, -0.15) is 0 Å². The van der Waals surface area contributed by atoms with E-state index in [1.165, 1.54) is 11.8 Å². The molecule has 0 bridgehead atoms. The molecule has 0 spiro atoms. The number of rotatable bonds is 12. The SMILES string of the molecule is O=C(O)CCCCCCCCCCN1C(=O)C(=Cc2ccc(O)cc2)SC1=S. The Balaban J connectivity index is 1.64. The third-order valence-electron chi connectivity index (χ3n) is 4.59. The Bertz CT molecular complexity index is 716. The molecule has 28 heavy (non-hydrogen) atoms. The number of amides is 1. The van der Waals surface area contributed by atoms with Crippen LogP contribution in [-0.2, 0) is 9.59 Å². The van der Waals surface area contributed by atoms with E-state index in [4.69, 9.17) is 17.3 Å². The van der Waals surface area contributed by atoms with Crippen LogP contribution in [0.3, 0.4) is 0 Å². The van der Waals surface area contributed by atoms with Crippen molar-refractivity contribution in [3.05, 3.63) is 34.7 Å². The van der Waals surface area contributed by atoms with Crippen LogP contribution in [0, 0.1) is 0 Å². The number of phenolic OH excluding ortho intramolecular Hbond substituents is 1. The van der Waals surface area contributed by atoms with Crippen molar-refractivity contribution in [1.82, 2.24) is 4.90 Å². The second-order valence-corrected chi connectivity index (χ2v) is 8.57. The number of hydrogen-bond donors (Lipinski definition) is 2. The molecule has 1 fully saturated rings. The van der Waals surface area contributed by atoms with Crippen molar-refractivity contribution in [3.63, 3.8) is 0 Å². The first-order chi connectivity index (χ1) is 13.5. The van der Waals surface area contributed by atoms with Crippen molar-refractivity contribution in [2.24, 2.45) is 0 Å². The summed E-state index contributed by atoms with van der Waals surface area (Å²) in [5.74, 6) is -0.555. The van der Waals surface area contributed by atoms with Gasteiger partial charge in [-0.3, -0.25) is 14.5 Å². The first-order valence-electron chi connectivity index (χ1n) is 9.73. The summed E-state index contributed by atoms with van der Waals surface area (Å²) in [6, 6.07) is 6.73. The fraction of sp³-hybridized carbons (Fsp3) is 0.476. The average Bonchev–Trinajstić information content (AvgIpc) is 2.92. The molecule has 1 aromatic rings. The number of thioether (sulfide) groups is 1. The van der Waals surface area contributed by atoms with Gasteiger partial charge in [-0.15, -0.1) is 0 Å². The summed E-state index contributed by atoms with van der Waals surface area (Å²) in [4.78, 5) is 25.3. The van der Waals surface area contributed by atoms with Crippen molar-refractivity contribution in [2.45, 2.75) is 57.8 Å². The predicted molar refractivity (Wildman–Crippen MR) is 117 cm³/mol. The lowest BCUT2D eigenvalue weighted by Gasteiger charge is -2.14. The summed E-state index contributed by atoms with van der Waals surface area (Å²) in [6.45, 7) is 0.649. The summed E-state index contributed by atoms with van der Waals surface area (Å²) in [6.07, 6.45) is 10.3. The van der Waals surface area contributed by atoms with Crippen molar-refractivity contribution < 1.29 is 19.8 Å². The molecule has 0 atom stereocenters. The Morgan fingerprint density at radius 3 is 2.18 bits per heavy atom. The van der Waals surface area contributed by atoms with Crippen LogP contribution in [0.4, 0.5) is 0 Å². The summed E-state index contributed by atoms with van der Waals surface area (Å²) in [5, 5.41) is 17.9. The van der Waals surface area contributed by atoms with Gasteiger partial charge < -0.3 is 10.2 Å². The van der Waals surface area contributed by atoms with E-state index in [0.29, 0.717) is 15.8 Å². The van der Waals surface area contributed by atoms with Crippen LogP contribution < -0.4 is 0 Å². The van der Waals surface area contributed by atoms with Crippen LogP contribution in [0.5, 0.6) is 5.75 Å².